The van der Waals surface area contributed by atoms with Crippen molar-refractivity contribution in [1.82, 2.24) is 15.0 Å². The second-order valence-electron chi connectivity index (χ2n) is 4.38. The molecule has 2 aromatic heterocycles. The number of ether oxygens (including phenoxy) is 1. The van der Waals surface area contributed by atoms with E-state index in [1.807, 2.05) is 0 Å². The molecule has 0 fully saturated rings. The van der Waals surface area contributed by atoms with Crippen LogP contribution in [-0.4, -0.2) is 28.6 Å². The molecule has 21 heavy (non-hydrogen) atoms. The molecule has 2 rings (SSSR count). The lowest BCUT2D eigenvalue weighted by Crippen LogP contribution is -2.08. The van der Waals surface area contributed by atoms with Crippen molar-refractivity contribution in [3.8, 4) is 11.5 Å². The van der Waals surface area contributed by atoms with Gasteiger partial charge in [0.25, 0.3) is 0 Å². The van der Waals surface area contributed by atoms with E-state index in [1.54, 1.807) is 25.4 Å². The minimum absolute atomic E-state index is 0.393. The highest BCUT2D eigenvalue weighted by Gasteiger charge is 2.14. The summed E-state index contributed by atoms with van der Waals surface area (Å²) in [4.78, 5) is 13.3. The third-order valence-corrected chi connectivity index (χ3v) is 3.76. The molecule has 2 heterocycles. The van der Waals surface area contributed by atoms with Gasteiger partial charge in [-0.1, -0.05) is 18.5 Å². The predicted octanol–water partition coefficient (Wildman–Crippen LogP) is 3.92. The van der Waals surface area contributed by atoms with Crippen molar-refractivity contribution in [2.75, 3.05) is 19.0 Å². The molecule has 0 aromatic carbocycles. The molecule has 7 heteroatoms. The summed E-state index contributed by atoms with van der Waals surface area (Å²) in [6, 6.07) is 3.57. The van der Waals surface area contributed by atoms with E-state index in [0.717, 1.165) is 29.0 Å². The van der Waals surface area contributed by atoms with E-state index in [-0.39, 0.29) is 0 Å². The molecule has 5 nitrogen and oxygen atoms in total. The molecule has 1 N–H and O–H groups in total. The molecule has 0 aliphatic carbocycles. The van der Waals surface area contributed by atoms with Gasteiger partial charge in [-0.3, -0.25) is 4.98 Å². The van der Waals surface area contributed by atoms with Gasteiger partial charge in [-0.2, -0.15) is 0 Å². The largest absolute Gasteiger partial charge is 0.378 e. The van der Waals surface area contributed by atoms with E-state index < -0.39 is 0 Å². The fraction of sp³-hybridized carbons (Fsp3) is 0.357. The number of halogens is 2. The molecule has 0 saturated carbocycles. The third-order valence-electron chi connectivity index (χ3n) is 2.70. The average Bonchev–Trinajstić information content (AvgIpc) is 2.49. The Hall–Kier alpha value is -1.24. The van der Waals surface area contributed by atoms with Gasteiger partial charge < -0.3 is 10.1 Å². The fourth-order valence-electron chi connectivity index (χ4n) is 1.71. The summed E-state index contributed by atoms with van der Waals surface area (Å²) in [5.74, 6) is 1.28. The maximum Gasteiger partial charge on any atom is 0.180 e. The number of anilines is 1. The minimum atomic E-state index is 0.393. The smallest absolute Gasteiger partial charge is 0.180 e. The zero-order chi connectivity index (χ0) is 15.2. The van der Waals surface area contributed by atoms with Crippen molar-refractivity contribution < 1.29 is 4.74 Å². The lowest BCUT2D eigenvalue weighted by atomic mass is 10.3. The summed E-state index contributed by atoms with van der Waals surface area (Å²) < 4.78 is 6.00. The maximum absolute atomic E-state index is 5.86. The number of rotatable bonds is 6. The van der Waals surface area contributed by atoms with E-state index >= 15 is 0 Å². The first-order valence-corrected chi connectivity index (χ1v) is 7.74. The highest BCUT2D eigenvalue weighted by atomic mass is 79.9. The topological polar surface area (TPSA) is 59.9 Å². The van der Waals surface area contributed by atoms with Crippen molar-refractivity contribution in [2.45, 2.75) is 20.0 Å². The minimum Gasteiger partial charge on any atom is -0.378 e. The van der Waals surface area contributed by atoms with Crippen LogP contribution in [0.5, 0.6) is 0 Å². The fourth-order valence-corrected chi connectivity index (χ4v) is 2.25. The average molecular weight is 372 g/mol. The van der Waals surface area contributed by atoms with Crippen molar-refractivity contribution in [3.05, 3.63) is 33.5 Å². The monoisotopic (exact) mass is 370 g/mol. The Kier molecular flexibility index (Phi) is 5.90. The normalized spacial score (nSPS) is 10.7. The summed E-state index contributed by atoms with van der Waals surface area (Å²) in [6.45, 7) is 3.32. The van der Waals surface area contributed by atoms with Gasteiger partial charge in [-0.05, 0) is 34.5 Å². The molecule has 0 radical (unpaired) electrons. The number of nitrogens with zero attached hydrogens (tertiary/aromatic N) is 3. The van der Waals surface area contributed by atoms with E-state index in [0.29, 0.717) is 23.1 Å². The van der Waals surface area contributed by atoms with Crippen molar-refractivity contribution in [1.29, 1.82) is 0 Å². The molecule has 0 spiro atoms. The summed E-state index contributed by atoms with van der Waals surface area (Å²) in [7, 11) is 1.63. The van der Waals surface area contributed by atoms with Crippen LogP contribution >= 0.6 is 27.5 Å². The van der Waals surface area contributed by atoms with Crippen LogP contribution in [0.15, 0.2) is 22.8 Å². The van der Waals surface area contributed by atoms with Gasteiger partial charge in [0.2, 0.25) is 0 Å². The first kappa shape index (κ1) is 16.1. The second-order valence-corrected chi connectivity index (χ2v) is 5.61. The zero-order valence-electron chi connectivity index (χ0n) is 11.9. The number of pyridine rings is 1. The molecule has 0 aliphatic rings. The standard InChI is InChI=1S/C14H16BrClN4O/c1-3-6-17-14-12(15)11(8-21-2)19-13(20-14)10-5-4-9(16)7-18-10/h4-5,7H,3,6,8H2,1-2H3,(H,17,19,20). The lowest BCUT2D eigenvalue weighted by molar-refractivity contribution is 0.181. The van der Waals surface area contributed by atoms with Crippen molar-refractivity contribution in [3.63, 3.8) is 0 Å². The van der Waals surface area contributed by atoms with Gasteiger partial charge >= 0.3 is 0 Å². The Bertz CT molecular complexity index is 607. The summed E-state index contributed by atoms with van der Waals surface area (Å²) in [5, 5.41) is 3.86. The predicted molar refractivity (Wildman–Crippen MR) is 87.5 cm³/mol. The van der Waals surface area contributed by atoms with Gasteiger partial charge in [-0.15, -0.1) is 0 Å². The highest BCUT2D eigenvalue weighted by Crippen LogP contribution is 2.27. The van der Waals surface area contributed by atoms with Gasteiger partial charge in [0, 0.05) is 19.9 Å². The van der Waals surface area contributed by atoms with Crippen LogP contribution in [0.2, 0.25) is 5.02 Å². The molecule has 0 unspecified atom stereocenters. The molecule has 0 bridgehead atoms. The molecule has 0 aliphatic heterocycles. The Labute approximate surface area is 137 Å². The Morgan fingerprint density at radius 1 is 1.33 bits per heavy atom. The van der Waals surface area contributed by atoms with Crippen LogP contribution in [0.4, 0.5) is 5.82 Å². The Balaban J connectivity index is 2.44. The second kappa shape index (κ2) is 7.68. The number of hydrogen-bond donors (Lipinski definition) is 1. The first-order valence-electron chi connectivity index (χ1n) is 6.56. The van der Waals surface area contributed by atoms with E-state index in [4.69, 9.17) is 16.3 Å². The van der Waals surface area contributed by atoms with Crippen LogP contribution in [0.25, 0.3) is 11.5 Å². The molecule has 0 atom stereocenters. The van der Waals surface area contributed by atoms with Crippen LogP contribution in [0, 0.1) is 0 Å². The summed E-state index contributed by atoms with van der Waals surface area (Å²) in [6.07, 6.45) is 2.59. The molecular weight excluding hydrogens is 356 g/mol. The van der Waals surface area contributed by atoms with E-state index in [9.17, 15) is 0 Å². The number of aromatic nitrogens is 3. The number of nitrogens with one attached hydrogen (secondary N) is 1. The van der Waals surface area contributed by atoms with Gasteiger partial charge in [0.05, 0.1) is 21.8 Å². The first-order chi connectivity index (χ1) is 10.2. The highest BCUT2D eigenvalue weighted by molar-refractivity contribution is 9.10. The lowest BCUT2D eigenvalue weighted by Gasteiger charge is -2.12. The van der Waals surface area contributed by atoms with E-state index in [1.165, 1.54) is 0 Å². The Morgan fingerprint density at radius 2 is 2.14 bits per heavy atom. The van der Waals surface area contributed by atoms with Crippen LogP contribution in [0.3, 0.4) is 0 Å². The number of methoxy groups -OCH3 is 1. The van der Waals surface area contributed by atoms with E-state index in [2.05, 4.69) is 43.1 Å². The van der Waals surface area contributed by atoms with Crippen molar-refractivity contribution >= 4 is 33.3 Å². The molecule has 112 valence electrons. The number of hydrogen-bond acceptors (Lipinski definition) is 5. The SMILES string of the molecule is CCCNc1nc(-c2ccc(Cl)cn2)nc(COC)c1Br. The summed E-state index contributed by atoms with van der Waals surface area (Å²) in [5.41, 5.74) is 1.45. The molecule has 2 aromatic rings. The molecular formula is C14H16BrClN4O. The Morgan fingerprint density at radius 3 is 2.76 bits per heavy atom. The van der Waals surface area contributed by atoms with Gasteiger partial charge in [0.15, 0.2) is 5.82 Å². The molecule has 0 amide bonds. The quantitative estimate of drug-likeness (QED) is 0.834. The summed E-state index contributed by atoms with van der Waals surface area (Å²) >= 11 is 9.38. The molecule has 0 saturated heterocycles. The zero-order valence-corrected chi connectivity index (χ0v) is 14.2. The van der Waals surface area contributed by atoms with Crippen LogP contribution in [0.1, 0.15) is 19.0 Å². The third kappa shape index (κ3) is 4.12. The maximum atomic E-state index is 5.86. The van der Waals surface area contributed by atoms with Crippen LogP contribution < -0.4 is 5.32 Å². The van der Waals surface area contributed by atoms with Crippen LogP contribution in [-0.2, 0) is 11.3 Å². The van der Waals surface area contributed by atoms with Gasteiger partial charge in [0.1, 0.15) is 11.5 Å². The van der Waals surface area contributed by atoms with Crippen molar-refractivity contribution in [2.24, 2.45) is 0 Å². The van der Waals surface area contributed by atoms with Gasteiger partial charge in [-0.25, -0.2) is 9.97 Å².